The van der Waals surface area contributed by atoms with E-state index in [4.69, 9.17) is 18.9 Å². The Morgan fingerprint density at radius 1 is 1.21 bits per heavy atom. The van der Waals surface area contributed by atoms with E-state index >= 15 is 0 Å². The van der Waals surface area contributed by atoms with Gasteiger partial charge in [-0.3, -0.25) is 0 Å². The van der Waals surface area contributed by atoms with Crippen LogP contribution in [0.5, 0.6) is 0 Å². The van der Waals surface area contributed by atoms with Crippen molar-refractivity contribution in [2.45, 2.75) is 37.3 Å². The van der Waals surface area contributed by atoms with E-state index in [-0.39, 0.29) is 12.2 Å². The Balaban J connectivity index is 1.70. The third-order valence-corrected chi connectivity index (χ3v) is 3.53. The first kappa shape index (κ1) is 13.0. The number of fused-ring (bicyclic) bond motifs is 1. The summed E-state index contributed by atoms with van der Waals surface area (Å²) in [6.45, 7) is 0.390. The molecule has 19 heavy (non-hydrogen) atoms. The first-order valence-corrected chi connectivity index (χ1v) is 6.46. The van der Waals surface area contributed by atoms with Gasteiger partial charge in [0, 0.05) is 19.1 Å². The lowest BCUT2D eigenvalue weighted by Gasteiger charge is -2.43. The molecule has 0 aliphatic carbocycles. The average molecular weight is 266 g/mol. The van der Waals surface area contributed by atoms with Crippen LogP contribution in [0.1, 0.15) is 18.3 Å². The predicted molar refractivity (Wildman–Crippen MR) is 66.3 cm³/mol. The number of benzene rings is 1. The monoisotopic (exact) mass is 266 g/mol. The van der Waals surface area contributed by atoms with Crippen molar-refractivity contribution in [3.05, 3.63) is 35.9 Å². The molecule has 3 rings (SSSR count). The van der Waals surface area contributed by atoms with Crippen LogP contribution in [0.4, 0.5) is 0 Å². The molecule has 5 atom stereocenters. The molecule has 0 spiro atoms. The third-order valence-electron chi connectivity index (χ3n) is 3.53. The maximum Gasteiger partial charge on any atom is 0.184 e. The van der Waals surface area contributed by atoms with Gasteiger partial charge in [0.25, 0.3) is 0 Å². The first-order chi connectivity index (χ1) is 9.28. The first-order valence-electron chi connectivity index (χ1n) is 6.46. The Bertz CT molecular complexity index is 410. The zero-order valence-electron chi connectivity index (χ0n) is 10.8. The molecule has 2 aliphatic heterocycles. The van der Waals surface area contributed by atoms with Gasteiger partial charge in [-0.05, 0) is 0 Å². The highest BCUT2D eigenvalue weighted by Gasteiger charge is 2.43. The van der Waals surface area contributed by atoms with E-state index in [0.29, 0.717) is 13.0 Å². The van der Waals surface area contributed by atoms with E-state index in [9.17, 15) is 5.11 Å². The van der Waals surface area contributed by atoms with Crippen molar-refractivity contribution in [3.63, 3.8) is 0 Å². The molecule has 0 amide bonds. The number of hydrogen-bond donors (Lipinski definition) is 1. The molecule has 0 saturated carbocycles. The highest BCUT2D eigenvalue weighted by Crippen LogP contribution is 2.33. The zero-order valence-corrected chi connectivity index (χ0v) is 10.8. The molecule has 104 valence electrons. The minimum atomic E-state index is -0.598. The van der Waals surface area contributed by atoms with Crippen LogP contribution in [-0.2, 0) is 18.9 Å². The summed E-state index contributed by atoms with van der Waals surface area (Å²) in [4.78, 5) is 0. The largest absolute Gasteiger partial charge is 0.390 e. The molecule has 1 aromatic rings. The fourth-order valence-electron chi connectivity index (χ4n) is 2.52. The fourth-order valence-corrected chi connectivity index (χ4v) is 2.52. The normalized spacial score (nSPS) is 38.7. The van der Waals surface area contributed by atoms with Crippen LogP contribution < -0.4 is 0 Å². The van der Waals surface area contributed by atoms with Gasteiger partial charge < -0.3 is 24.1 Å². The summed E-state index contributed by atoms with van der Waals surface area (Å²) in [5, 5.41) is 10.1. The minimum absolute atomic E-state index is 0.284. The number of aliphatic hydroxyl groups excluding tert-OH is 1. The number of aliphatic hydroxyl groups is 1. The lowest BCUT2D eigenvalue weighted by Crippen LogP contribution is -2.55. The van der Waals surface area contributed by atoms with Gasteiger partial charge in [-0.25, -0.2) is 0 Å². The van der Waals surface area contributed by atoms with Crippen LogP contribution >= 0.6 is 0 Å². The van der Waals surface area contributed by atoms with Crippen LogP contribution in [-0.4, -0.2) is 43.4 Å². The van der Waals surface area contributed by atoms with Gasteiger partial charge >= 0.3 is 0 Å². The molecule has 5 heteroatoms. The molecule has 2 saturated heterocycles. The van der Waals surface area contributed by atoms with Crippen molar-refractivity contribution in [2.24, 2.45) is 0 Å². The van der Waals surface area contributed by atoms with Gasteiger partial charge in [0.05, 0.1) is 12.7 Å². The van der Waals surface area contributed by atoms with Gasteiger partial charge in [0.15, 0.2) is 12.6 Å². The average Bonchev–Trinajstić information content (AvgIpc) is 2.47. The molecule has 0 radical (unpaired) electrons. The number of hydrogen-bond acceptors (Lipinski definition) is 5. The summed E-state index contributed by atoms with van der Waals surface area (Å²) in [7, 11) is 1.56. The molecule has 1 N–H and O–H groups in total. The summed E-state index contributed by atoms with van der Waals surface area (Å²) in [6, 6.07) is 9.70. The number of methoxy groups -OCH3 is 1. The van der Waals surface area contributed by atoms with Gasteiger partial charge in [0.2, 0.25) is 0 Å². The second-order valence-corrected chi connectivity index (χ2v) is 4.82. The van der Waals surface area contributed by atoms with E-state index in [1.807, 2.05) is 30.3 Å². The summed E-state index contributed by atoms with van der Waals surface area (Å²) >= 11 is 0. The molecular formula is C14H18O5. The van der Waals surface area contributed by atoms with E-state index in [1.165, 1.54) is 0 Å². The van der Waals surface area contributed by atoms with Gasteiger partial charge in [0.1, 0.15) is 12.2 Å². The Morgan fingerprint density at radius 2 is 2.00 bits per heavy atom. The highest BCUT2D eigenvalue weighted by atomic mass is 16.7. The van der Waals surface area contributed by atoms with Gasteiger partial charge in [-0.2, -0.15) is 0 Å². The molecule has 2 aliphatic rings. The van der Waals surface area contributed by atoms with E-state index < -0.39 is 18.7 Å². The Labute approximate surface area is 112 Å². The van der Waals surface area contributed by atoms with Gasteiger partial charge in [-0.1, -0.05) is 30.3 Å². The molecular weight excluding hydrogens is 248 g/mol. The molecule has 1 unspecified atom stereocenters. The minimum Gasteiger partial charge on any atom is -0.390 e. The fraction of sp³-hybridized carbons (Fsp3) is 0.571. The van der Waals surface area contributed by atoms with Crippen LogP contribution in [0, 0.1) is 0 Å². The van der Waals surface area contributed by atoms with Crippen molar-refractivity contribution in [1.82, 2.24) is 0 Å². The van der Waals surface area contributed by atoms with Crippen molar-refractivity contribution in [3.8, 4) is 0 Å². The standard InChI is InChI=1S/C14H18O5/c1-16-12-7-10(15)13-11(18-12)8-17-14(19-13)9-5-3-2-4-6-9/h2-6,10-15H,7-8H2,1H3/t10-,11+,12-,13-,14?/m0/s1. The maximum absolute atomic E-state index is 10.1. The van der Waals surface area contributed by atoms with Crippen molar-refractivity contribution < 1.29 is 24.1 Å². The summed E-state index contributed by atoms with van der Waals surface area (Å²) in [5.41, 5.74) is 0.946. The Morgan fingerprint density at radius 3 is 2.74 bits per heavy atom. The van der Waals surface area contributed by atoms with E-state index in [1.54, 1.807) is 7.11 Å². The summed E-state index contributed by atoms with van der Waals surface area (Å²) < 4.78 is 22.3. The van der Waals surface area contributed by atoms with Crippen LogP contribution in [0.3, 0.4) is 0 Å². The molecule has 5 nitrogen and oxygen atoms in total. The Kier molecular flexibility index (Phi) is 3.81. The van der Waals surface area contributed by atoms with Crippen LogP contribution in [0.15, 0.2) is 30.3 Å². The number of rotatable bonds is 2. The lowest BCUT2D eigenvalue weighted by atomic mass is 10.0. The highest BCUT2D eigenvalue weighted by molar-refractivity contribution is 5.16. The lowest BCUT2D eigenvalue weighted by molar-refractivity contribution is -0.334. The molecule has 0 aromatic heterocycles. The molecule has 1 aromatic carbocycles. The van der Waals surface area contributed by atoms with Crippen LogP contribution in [0.2, 0.25) is 0 Å². The number of ether oxygens (including phenoxy) is 4. The second kappa shape index (κ2) is 5.56. The quantitative estimate of drug-likeness (QED) is 0.872. The maximum atomic E-state index is 10.1. The second-order valence-electron chi connectivity index (χ2n) is 4.82. The van der Waals surface area contributed by atoms with Crippen LogP contribution in [0.25, 0.3) is 0 Å². The topological polar surface area (TPSA) is 57.2 Å². The molecule has 2 heterocycles. The van der Waals surface area contributed by atoms with Crippen molar-refractivity contribution >= 4 is 0 Å². The van der Waals surface area contributed by atoms with Crippen molar-refractivity contribution in [1.29, 1.82) is 0 Å². The van der Waals surface area contributed by atoms with E-state index in [0.717, 1.165) is 5.56 Å². The SMILES string of the molecule is CO[C@@H]1C[C@H](O)[C@@H]2OC(c3ccccc3)OC[C@H]2O1. The van der Waals surface area contributed by atoms with Crippen molar-refractivity contribution in [2.75, 3.05) is 13.7 Å². The summed E-state index contributed by atoms with van der Waals surface area (Å²) in [5.74, 6) is 0. The summed E-state index contributed by atoms with van der Waals surface area (Å²) in [6.07, 6.45) is -1.67. The molecule has 0 bridgehead atoms. The third kappa shape index (κ3) is 2.66. The Hall–Kier alpha value is -0.980. The van der Waals surface area contributed by atoms with E-state index in [2.05, 4.69) is 0 Å². The predicted octanol–water partition coefficient (Wildman–Crippen LogP) is 1.22. The van der Waals surface area contributed by atoms with Gasteiger partial charge in [-0.15, -0.1) is 0 Å². The zero-order chi connectivity index (χ0) is 13.2. The molecule has 2 fully saturated rings. The smallest absolute Gasteiger partial charge is 0.184 e.